The monoisotopic (exact) mass is 306 g/mol. The minimum absolute atomic E-state index is 0.159. The average molecular weight is 306 g/mol. The lowest BCUT2D eigenvalue weighted by Crippen LogP contribution is -2.24. The van der Waals surface area contributed by atoms with Crippen LogP contribution >= 0.6 is 0 Å². The van der Waals surface area contributed by atoms with E-state index in [0.29, 0.717) is 37.1 Å². The molecule has 1 aromatic rings. The molecule has 1 rings (SSSR count). The van der Waals surface area contributed by atoms with Gasteiger partial charge in [0, 0.05) is 19.7 Å². The molecule has 22 heavy (non-hydrogen) atoms. The van der Waals surface area contributed by atoms with E-state index in [2.05, 4.69) is 19.2 Å². The van der Waals surface area contributed by atoms with Crippen molar-refractivity contribution in [1.82, 2.24) is 5.32 Å². The fourth-order valence-electron chi connectivity index (χ4n) is 1.71. The molecule has 0 aliphatic rings. The van der Waals surface area contributed by atoms with Crippen LogP contribution in [0.4, 0.5) is 5.69 Å². The van der Waals surface area contributed by atoms with E-state index in [1.807, 2.05) is 12.1 Å². The van der Waals surface area contributed by atoms with Crippen LogP contribution in [-0.2, 0) is 9.53 Å². The van der Waals surface area contributed by atoms with Crippen LogP contribution in [-0.4, -0.2) is 32.8 Å². The van der Waals surface area contributed by atoms with Crippen molar-refractivity contribution in [3.8, 4) is 5.75 Å². The summed E-state index contributed by atoms with van der Waals surface area (Å²) < 4.78 is 10.5. The number of anilines is 1. The number of amides is 1. The van der Waals surface area contributed by atoms with Gasteiger partial charge in [-0.05, 0) is 36.1 Å². The first-order chi connectivity index (χ1) is 10.5. The minimum atomic E-state index is -0.159. The van der Waals surface area contributed by atoms with Crippen molar-refractivity contribution in [2.75, 3.05) is 32.6 Å². The van der Waals surface area contributed by atoms with E-state index in [-0.39, 0.29) is 5.91 Å². The number of nitrogen functional groups attached to an aromatic ring is 1. The van der Waals surface area contributed by atoms with Crippen molar-refractivity contribution in [3.05, 3.63) is 29.8 Å². The lowest BCUT2D eigenvalue weighted by molar-refractivity contribution is -0.116. The van der Waals surface area contributed by atoms with Crippen molar-refractivity contribution >= 4 is 17.7 Å². The average Bonchev–Trinajstić information content (AvgIpc) is 2.47. The maximum atomic E-state index is 11.5. The Labute approximate surface area is 132 Å². The van der Waals surface area contributed by atoms with E-state index < -0.39 is 0 Å². The van der Waals surface area contributed by atoms with Crippen molar-refractivity contribution in [2.24, 2.45) is 5.92 Å². The molecule has 122 valence electrons. The molecule has 3 N–H and O–H groups in total. The van der Waals surface area contributed by atoms with E-state index >= 15 is 0 Å². The molecular weight excluding hydrogens is 280 g/mol. The number of rotatable bonds is 9. The van der Waals surface area contributed by atoms with Gasteiger partial charge in [0.15, 0.2) is 0 Å². The van der Waals surface area contributed by atoms with Crippen LogP contribution in [0.5, 0.6) is 5.75 Å². The van der Waals surface area contributed by atoms with Crippen molar-refractivity contribution in [3.63, 3.8) is 0 Å². The van der Waals surface area contributed by atoms with Crippen LogP contribution in [0.25, 0.3) is 6.08 Å². The third-order valence-electron chi connectivity index (χ3n) is 3.02. The third kappa shape index (κ3) is 7.13. The molecule has 0 aliphatic heterocycles. The number of ether oxygens (including phenoxy) is 2. The van der Waals surface area contributed by atoms with Gasteiger partial charge < -0.3 is 20.5 Å². The normalized spacial score (nSPS) is 11.1. The maximum absolute atomic E-state index is 11.5. The molecule has 1 aromatic carbocycles. The molecule has 0 saturated carbocycles. The summed E-state index contributed by atoms with van der Waals surface area (Å²) in [5.41, 5.74) is 7.40. The maximum Gasteiger partial charge on any atom is 0.244 e. The van der Waals surface area contributed by atoms with Gasteiger partial charge in [0.25, 0.3) is 0 Å². The predicted octanol–water partition coefficient (Wildman–Crippen LogP) is 2.47. The standard InChI is InChI=1S/C17H26N2O3/c1-13(2)8-10-22-16-6-4-14(12-15(16)18)5-7-17(20)19-9-11-21-3/h4-7,12-13H,8-11,18H2,1-3H3,(H,19,20)/b7-5-. The topological polar surface area (TPSA) is 73.6 Å². The molecule has 0 aromatic heterocycles. The zero-order valence-corrected chi connectivity index (χ0v) is 13.6. The van der Waals surface area contributed by atoms with Crippen LogP contribution in [0, 0.1) is 5.92 Å². The first-order valence-corrected chi connectivity index (χ1v) is 7.50. The Kier molecular flexibility index (Phi) is 8.07. The Bertz CT molecular complexity index is 499. The summed E-state index contributed by atoms with van der Waals surface area (Å²) in [5.74, 6) is 1.12. The fraction of sp³-hybridized carbons (Fsp3) is 0.471. The number of nitrogens with two attached hydrogens (primary N) is 1. The molecule has 1 amide bonds. The molecule has 5 nitrogen and oxygen atoms in total. The van der Waals surface area contributed by atoms with Gasteiger partial charge >= 0.3 is 0 Å². The molecule has 0 fully saturated rings. The quantitative estimate of drug-likeness (QED) is 0.417. The number of hydrogen-bond acceptors (Lipinski definition) is 4. The molecule has 0 unspecified atom stereocenters. The minimum Gasteiger partial charge on any atom is -0.491 e. The Morgan fingerprint density at radius 1 is 1.36 bits per heavy atom. The molecule has 0 atom stereocenters. The van der Waals surface area contributed by atoms with E-state index in [9.17, 15) is 4.79 Å². The second kappa shape index (κ2) is 9.84. The second-order valence-electron chi connectivity index (χ2n) is 5.45. The first kappa shape index (κ1) is 18.0. The van der Waals surface area contributed by atoms with E-state index in [4.69, 9.17) is 15.2 Å². The molecule has 0 radical (unpaired) electrons. The molecule has 0 bridgehead atoms. The fourth-order valence-corrected chi connectivity index (χ4v) is 1.71. The zero-order chi connectivity index (χ0) is 16.4. The van der Waals surface area contributed by atoms with Gasteiger partial charge in [-0.15, -0.1) is 0 Å². The summed E-state index contributed by atoms with van der Waals surface area (Å²) in [6, 6.07) is 5.50. The van der Waals surface area contributed by atoms with Crippen molar-refractivity contribution < 1.29 is 14.3 Å². The molecular formula is C17H26N2O3. The van der Waals surface area contributed by atoms with Crippen LogP contribution in [0.1, 0.15) is 25.8 Å². The highest BCUT2D eigenvalue weighted by molar-refractivity contribution is 5.91. The molecule has 0 spiro atoms. The van der Waals surface area contributed by atoms with Crippen molar-refractivity contribution in [1.29, 1.82) is 0 Å². The number of nitrogens with one attached hydrogen (secondary N) is 1. The summed E-state index contributed by atoms with van der Waals surface area (Å²) in [6.45, 7) is 5.94. The van der Waals surface area contributed by atoms with Gasteiger partial charge in [-0.2, -0.15) is 0 Å². The Balaban J connectivity index is 2.52. The number of hydrogen-bond donors (Lipinski definition) is 2. The third-order valence-corrected chi connectivity index (χ3v) is 3.02. The van der Waals surface area contributed by atoms with Crippen LogP contribution in [0.15, 0.2) is 24.3 Å². The number of carbonyl (C=O) groups is 1. The molecule has 5 heteroatoms. The van der Waals surface area contributed by atoms with Crippen molar-refractivity contribution in [2.45, 2.75) is 20.3 Å². The first-order valence-electron chi connectivity index (χ1n) is 7.50. The van der Waals surface area contributed by atoms with Gasteiger partial charge in [-0.25, -0.2) is 0 Å². The van der Waals surface area contributed by atoms with Gasteiger partial charge in [0.1, 0.15) is 5.75 Å². The highest BCUT2D eigenvalue weighted by Crippen LogP contribution is 2.23. The Morgan fingerprint density at radius 3 is 2.77 bits per heavy atom. The zero-order valence-electron chi connectivity index (χ0n) is 13.6. The van der Waals surface area contributed by atoms with E-state index in [1.165, 1.54) is 6.08 Å². The Morgan fingerprint density at radius 2 is 2.14 bits per heavy atom. The highest BCUT2D eigenvalue weighted by Gasteiger charge is 2.02. The largest absolute Gasteiger partial charge is 0.491 e. The summed E-state index contributed by atoms with van der Waals surface area (Å²) in [4.78, 5) is 11.5. The summed E-state index contributed by atoms with van der Waals surface area (Å²) in [5, 5.41) is 2.71. The highest BCUT2D eigenvalue weighted by atomic mass is 16.5. The lowest BCUT2D eigenvalue weighted by atomic mass is 10.1. The molecule has 0 saturated heterocycles. The smallest absolute Gasteiger partial charge is 0.244 e. The molecule has 0 heterocycles. The van der Waals surface area contributed by atoms with Gasteiger partial charge in [0.05, 0.1) is 18.9 Å². The van der Waals surface area contributed by atoms with Crippen LogP contribution in [0.3, 0.4) is 0 Å². The van der Waals surface area contributed by atoms with Gasteiger partial charge in [-0.3, -0.25) is 4.79 Å². The van der Waals surface area contributed by atoms with Crippen LogP contribution in [0.2, 0.25) is 0 Å². The summed E-state index contributed by atoms with van der Waals surface area (Å²) >= 11 is 0. The lowest BCUT2D eigenvalue weighted by Gasteiger charge is -2.10. The number of methoxy groups -OCH3 is 1. The van der Waals surface area contributed by atoms with E-state index in [1.54, 1.807) is 19.3 Å². The van der Waals surface area contributed by atoms with Crippen LogP contribution < -0.4 is 15.8 Å². The second-order valence-corrected chi connectivity index (χ2v) is 5.45. The SMILES string of the molecule is COCCNC(=O)/C=C\c1ccc(OCCC(C)C)c(N)c1. The predicted molar refractivity (Wildman–Crippen MR) is 89.7 cm³/mol. The molecule has 0 aliphatic carbocycles. The van der Waals surface area contributed by atoms with Gasteiger partial charge in [-0.1, -0.05) is 19.9 Å². The summed E-state index contributed by atoms with van der Waals surface area (Å²) in [7, 11) is 1.59. The number of carbonyl (C=O) groups excluding carboxylic acids is 1. The van der Waals surface area contributed by atoms with Gasteiger partial charge in [0.2, 0.25) is 5.91 Å². The Hall–Kier alpha value is -2.01. The number of benzene rings is 1. The van der Waals surface area contributed by atoms with E-state index in [0.717, 1.165) is 12.0 Å². The summed E-state index contributed by atoms with van der Waals surface area (Å²) in [6.07, 6.45) is 4.18.